The van der Waals surface area contributed by atoms with Crippen molar-refractivity contribution in [3.63, 3.8) is 0 Å². The molecule has 0 aliphatic rings. The highest BCUT2D eigenvalue weighted by Gasteiger charge is 2.05. The van der Waals surface area contributed by atoms with Crippen molar-refractivity contribution in [1.29, 1.82) is 0 Å². The van der Waals surface area contributed by atoms with Crippen molar-refractivity contribution < 1.29 is 23.4 Å². The third-order valence-corrected chi connectivity index (χ3v) is 2.49. The number of aliphatic hydroxyl groups is 1. The van der Waals surface area contributed by atoms with Gasteiger partial charge in [0.1, 0.15) is 35.0 Å². The van der Waals surface area contributed by atoms with Crippen LogP contribution >= 0.6 is 0 Å². The summed E-state index contributed by atoms with van der Waals surface area (Å²) in [7, 11) is 0. The predicted octanol–water partition coefficient (Wildman–Crippen LogP) is 3.52. The highest BCUT2D eigenvalue weighted by Crippen LogP contribution is 2.25. The maximum atomic E-state index is 13.0. The van der Waals surface area contributed by atoms with Crippen LogP contribution in [0.2, 0.25) is 0 Å². The van der Waals surface area contributed by atoms with Gasteiger partial charge in [0.15, 0.2) is 0 Å². The molecule has 5 heteroatoms. The average Bonchev–Trinajstić information content (AvgIpc) is 2.39. The van der Waals surface area contributed by atoms with Crippen LogP contribution in [0.5, 0.6) is 17.2 Å². The maximum Gasteiger partial charge on any atom is 0.133 e. The molecule has 0 radical (unpaired) electrons. The molecule has 0 spiro atoms. The van der Waals surface area contributed by atoms with Crippen molar-refractivity contribution in [2.24, 2.45) is 0 Å². The minimum Gasteiger partial charge on any atom is -0.488 e. The van der Waals surface area contributed by atoms with Crippen LogP contribution in [0.1, 0.15) is 6.92 Å². The highest BCUT2D eigenvalue weighted by molar-refractivity contribution is 5.35. The lowest BCUT2D eigenvalue weighted by Crippen LogP contribution is -2.15. The summed E-state index contributed by atoms with van der Waals surface area (Å²) < 4.78 is 36.7. The van der Waals surface area contributed by atoms with E-state index in [4.69, 9.17) is 14.6 Å². The van der Waals surface area contributed by atoms with Gasteiger partial charge in [0.05, 0.1) is 6.61 Å². The zero-order chi connectivity index (χ0) is 14.5. The number of benzene rings is 2. The molecule has 20 heavy (non-hydrogen) atoms. The lowest BCUT2D eigenvalue weighted by molar-refractivity contribution is 0.129. The van der Waals surface area contributed by atoms with Gasteiger partial charge in [-0.2, -0.15) is 0 Å². The summed E-state index contributed by atoms with van der Waals surface area (Å²) in [6.07, 6.45) is -0.306. The Balaban J connectivity index is 2.06. The van der Waals surface area contributed by atoms with Crippen LogP contribution in [0.4, 0.5) is 8.78 Å². The molecule has 0 aliphatic carbocycles. The summed E-state index contributed by atoms with van der Waals surface area (Å²) in [5.74, 6) is -0.309. The van der Waals surface area contributed by atoms with Crippen LogP contribution < -0.4 is 9.47 Å². The molecule has 0 amide bonds. The second-order valence-corrected chi connectivity index (χ2v) is 4.29. The first-order chi connectivity index (χ1) is 9.56. The van der Waals surface area contributed by atoms with Gasteiger partial charge in [-0.15, -0.1) is 0 Å². The SMILES string of the molecule is CC(CO)Oc1ccc(Oc2cc(F)cc(F)c2)cc1. The maximum absolute atomic E-state index is 13.0. The standard InChI is InChI=1S/C15H14F2O3/c1-10(9-18)19-13-2-4-14(5-3-13)20-15-7-11(16)6-12(17)8-15/h2-8,10,18H,9H2,1H3. The molecule has 3 nitrogen and oxygen atoms in total. The molecule has 0 saturated carbocycles. The summed E-state index contributed by atoms with van der Waals surface area (Å²) in [5.41, 5.74) is 0. The smallest absolute Gasteiger partial charge is 0.133 e. The molecule has 106 valence electrons. The first-order valence-corrected chi connectivity index (χ1v) is 6.08. The Morgan fingerprint density at radius 1 is 0.950 bits per heavy atom. The normalized spacial score (nSPS) is 12.0. The molecule has 2 aromatic carbocycles. The molecule has 1 N–H and O–H groups in total. The largest absolute Gasteiger partial charge is 0.488 e. The van der Waals surface area contributed by atoms with Crippen molar-refractivity contribution in [2.75, 3.05) is 6.61 Å². The number of hydrogen-bond donors (Lipinski definition) is 1. The lowest BCUT2D eigenvalue weighted by atomic mass is 10.3. The van der Waals surface area contributed by atoms with Crippen LogP contribution in [0.15, 0.2) is 42.5 Å². The Hall–Kier alpha value is -2.14. The fraction of sp³-hybridized carbons (Fsp3) is 0.200. The van der Waals surface area contributed by atoms with E-state index in [1.807, 2.05) is 0 Å². The Morgan fingerprint density at radius 3 is 2.05 bits per heavy atom. The predicted molar refractivity (Wildman–Crippen MR) is 70.0 cm³/mol. The second-order valence-electron chi connectivity index (χ2n) is 4.29. The number of halogens is 2. The summed E-state index contributed by atoms with van der Waals surface area (Å²) in [5, 5.41) is 8.88. The minimum absolute atomic E-state index is 0.0825. The van der Waals surface area contributed by atoms with Crippen molar-refractivity contribution in [3.05, 3.63) is 54.1 Å². The van der Waals surface area contributed by atoms with Crippen molar-refractivity contribution >= 4 is 0 Å². The summed E-state index contributed by atoms with van der Waals surface area (Å²) in [4.78, 5) is 0. The first kappa shape index (κ1) is 14.3. The van der Waals surface area contributed by atoms with Gasteiger partial charge in [-0.1, -0.05) is 0 Å². The van der Waals surface area contributed by atoms with Gasteiger partial charge < -0.3 is 14.6 Å². The van der Waals surface area contributed by atoms with E-state index < -0.39 is 11.6 Å². The third kappa shape index (κ3) is 3.93. The van der Waals surface area contributed by atoms with Crippen LogP contribution in [-0.2, 0) is 0 Å². The second kappa shape index (κ2) is 6.34. The number of ether oxygens (including phenoxy) is 2. The van der Waals surface area contributed by atoms with Crippen molar-refractivity contribution in [3.8, 4) is 17.2 Å². The number of rotatable bonds is 5. The number of aliphatic hydroxyl groups excluding tert-OH is 1. The first-order valence-electron chi connectivity index (χ1n) is 6.08. The van der Waals surface area contributed by atoms with E-state index in [-0.39, 0.29) is 18.5 Å². The molecule has 0 heterocycles. The molecule has 2 rings (SSSR count). The molecule has 0 fully saturated rings. The molecule has 2 aromatic rings. The van der Waals surface area contributed by atoms with Crippen LogP contribution in [0.3, 0.4) is 0 Å². The Morgan fingerprint density at radius 2 is 1.50 bits per heavy atom. The minimum atomic E-state index is -0.697. The Kier molecular flexibility index (Phi) is 4.53. The average molecular weight is 280 g/mol. The lowest BCUT2D eigenvalue weighted by Gasteiger charge is -2.12. The van der Waals surface area contributed by atoms with Gasteiger partial charge in [-0.3, -0.25) is 0 Å². The molecule has 0 saturated heterocycles. The van der Waals surface area contributed by atoms with E-state index in [9.17, 15) is 8.78 Å². The van der Waals surface area contributed by atoms with Crippen LogP contribution in [0, 0.1) is 11.6 Å². The van der Waals surface area contributed by atoms with Crippen molar-refractivity contribution in [1.82, 2.24) is 0 Å². The molecule has 0 bridgehead atoms. The summed E-state index contributed by atoms with van der Waals surface area (Å²) in [6, 6.07) is 9.50. The van der Waals surface area contributed by atoms with Gasteiger partial charge >= 0.3 is 0 Å². The van der Waals surface area contributed by atoms with E-state index in [0.29, 0.717) is 11.5 Å². The van der Waals surface area contributed by atoms with Crippen LogP contribution in [0.25, 0.3) is 0 Å². The molecule has 1 unspecified atom stereocenters. The molecule has 1 atom stereocenters. The van der Waals surface area contributed by atoms with Crippen LogP contribution in [-0.4, -0.2) is 17.8 Å². The van der Waals surface area contributed by atoms with Crippen molar-refractivity contribution in [2.45, 2.75) is 13.0 Å². The summed E-state index contributed by atoms with van der Waals surface area (Å²) >= 11 is 0. The third-order valence-electron chi connectivity index (χ3n) is 2.49. The van der Waals surface area contributed by atoms with E-state index in [0.717, 1.165) is 18.2 Å². The Bertz CT molecular complexity index is 550. The fourth-order valence-electron chi connectivity index (χ4n) is 1.58. The Labute approximate surface area is 115 Å². The highest BCUT2D eigenvalue weighted by atomic mass is 19.1. The van der Waals surface area contributed by atoms with E-state index in [1.54, 1.807) is 31.2 Å². The number of hydrogen-bond acceptors (Lipinski definition) is 3. The molecular formula is C15H14F2O3. The van der Waals surface area contributed by atoms with E-state index >= 15 is 0 Å². The molecular weight excluding hydrogens is 266 g/mol. The molecule has 0 aromatic heterocycles. The quantitative estimate of drug-likeness (QED) is 0.910. The van der Waals surface area contributed by atoms with E-state index in [1.165, 1.54) is 0 Å². The summed E-state index contributed by atoms with van der Waals surface area (Å²) in [6.45, 7) is 1.65. The zero-order valence-corrected chi connectivity index (χ0v) is 10.8. The van der Waals surface area contributed by atoms with Gasteiger partial charge in [0.25, 0.3) is 0 Å². The molecule has 0 aliphatic heterocycles. The van der Waals surface area contributed by atoms with Gasteiger partial charge in [-0.05, 0) is 31.2 Å². The van der Waals surface area contributed by atoms with Gasteiger partial charge in [-0.25, -0.2) is 8.78 Å². The van der Waals surface area contributed by atoms with Gasteiger partial charge in [0, 0.05) is 18.2 Å². The topological polar surface area (TPSA) is 38.7 Å². The zero-order valence-electron chi connectivity index (χ0n) is 10.8. The fourth-order valence-corrected chi connectivity index (χ4v) is 1.58. The van der Waals surface area contributed by atoms with Gasteiger partial charge in [0.2, 0.25) is 0 Å². The van der Waals surface area contributed by atoms with E-state index in [2.05, 4.69) is 0 Å². The monoisotopic (exact) mass is 280 g/mol.